The number of methoxy groups -OCH3 is 1. The predicted molar refractivity (Wildman–Crippen MR) is 63.2 cm³/mol. The van der Waals surface area contributed by atoms with Crippen molar-refractivity contribution in [3.05, 3.63) is 42.1 Å². The molecular weight excluding hydrogens is 202 g/mol. The summed E-state index contributed by atoms with van der Waals surface area (Å²) < 4.78 is 5.14. The Labute approximate surface area is 94.7 Å². The van der Waals surface area contributed by atoms with E-state index < -0.39 is 6.10 Å². The zero-order valence-electron chi connectivity index (χ0n) is 9.42. The summed E-state index contributed by atoms with van der Waals surface area (Å²) in [6, 6.07) is 9.66. The fourth-order valence-electron chi connectivity index (χ4n) is 1.75. The number of nitrogens with zero attached hydrogens (tertiary/aromatic N) is 1. The molecule has 3 nitrogen and oxygen atoms in total. The van der Waals surface area contributed by atoms with Crippen LogP contribution in [0.2, 0.25) is 0 Å². The number of para-hydroxylation sites is 1. The van der Waals surface area contributed by atoms with Crippen LogP contribution in [0, 0.1) is 0 Å². The fraction of sp³-hybridized carbons (Fsp3) is 0.308. The molecule has 0 aliphatic rings. The molecule has 0 aliphatic heterocycles. The van der Waals surface area contributed by atoms with Crippen molar-refractivity contribution >= 4 is 10.9 Å². The molecule has 3 heteroatoms. The summed E-state index contributed by atoms with van der Waals surface area (Å²) in [5, 5.41) is 11.2. The first-order valence-corrected chi connectivity index (χ1v) is 5.28. The van der Waals surface area contributed by atoms with Gasteiger partial charge in [0.05, 0.1) is 11.6 Å². The van der Waals surface area contributed by atoms with Gasteiger partial charge < -0.3 is 9.84 Å². The predicted octanol–water partition coefficient (Wildman–Crippen LogP) is 2.30. The van der Waals surface area contributed by atoms with Gasteiger partial charge in [-0.3, -0.25) is 4.98 Å². The molecule has 2 rings (SSSR count). The van der Waals surface area contributed by atoms with Crippen LogP contribution in [0.1, 0.15) is 18.6 Å². The van der Waals surface area contributed by atoms with Crippen molar-refractivity contribution in [1.29, 1.82) is 0 Å². The number of benzene rings is 1. The third kappa shape index (κ3) is 1.92. The van der Waals surface area contributed by atoms with Crippen molar-refractivity contribution in [3.63, 3.8) is 0 Å². The second kappa shape index (κ2) is 4.60. The number of pyridine rings is 1. The van der Waals surface area contributed by atoms with Crippen LogP contribution in [0.15, 0.2) is 36.5 Å². The molecule has 2 unspecified atom stereocenters. The average Bonchev–Trinajstić information content (AvgIpc) is 2.36. The highest BCUT2D eigenvalue weighted by Crippen LogP contribution is 2.25. The van der Waals surface area contributed by atoms with Crippen molar-refractivity contribution in [2.75, 3.05) is 7.11 Å². The second-order valence-corrected chi connectivity index (χ2v) is 3.81. The third-order valence-corrected chi connectivity index (χ3v) is 2.80. The minimum Gasteiger partial charge on any atom is -0.386 e. The van der Waals surface area contributed by atoms with Gasteiger partial charge in [-0.1, -0.05) is 24.3 Å². The van der Waals surface area contributed by atoms with E-state index in [1.807, 2.05) is 37.3 Å². The standard InChI is InChI=1S/C13H15NO2/c1-9(16-2)13(15)11-7-3-5-10-6-4-8-14-12(10)11/h3-9,13,15H,1-2H3. The molecular formula is C13H15NO2. The van der Waals surface area contributed by atoms with E-state index in [1.54, 1.807) is 13.3 Å². The lowest BCUT2D eigenvalue weighted by atomic mass is 10.0. The number of fused-ring (bicyclic) bond motifs is 1. The molecule has 1 heterocycles. The highest BCUT2D eigenvalue weighted by molar-refractivity contribution is 5.81. The number of ether oxygens (including phenoxy) is 1. The largest absolute Gasteiger partial charge is 0.386 e. The van der Waals surface area contributed by atoms with E-state index >= 15 is 0 Å². The lowest BCUT2D eigenvalue weighted by molar-refractivity contribution is -0.000765. The highest BCUT2D eigenvalue weighted by Gasteiger charge is 2.18. The second-order valence-electron chi connectivity index (χ2n) is 3.81. The fourth-order valence-corrected chi connectivity index (χ4v) is 1.75. The van der Waals surface area contributed by atoms with Crippen molar-refractivity contribution in [1.82, 2.24) is 4.98 Å². The SMILES string of the molecule is COC(C)C(O)c1cccc2cccnc12. The Balaban J connectivity index is 2.52. The molecule has 0 saturated carbocycles. The van der Waals surface area contributed by atoms with E-state index in [4.69, 9.17) is 4.74 Å². The van der Waals surface area contributed by atoms with Crippen LogP contribution in [-0.2, 0) is 4.74 Å². The van der Waals surface area contributed by atoms with Crippen molar-refractivity contribution < 1.29 is 9.84 Å². The smallest absolute Gasteiger partial charge is 0.107 e. The average molecular weight is 217 g/mol. The number of aromatic nitrogens is 1. The zero-order chi connectivity index (χ0) is 11.5. The first-order chi connectivity index (χ1) is 7.74. The van der Waals surface area contributed by atoms with Gasteiger partial charge in [0.1, 0.15) is 6.10 Å². The number of hydrogen-bond acceptors (Lipinski definition) is 3. The minimum absolute atomic E-state index is 0.243. The molecule has 16 heavy (non-hydrogen) atoms. The lowest BCUT2D eigenvalue weighted by Crippen LogP contribution is -2.17. The van der Waals surface area contributed by atoms with E-state index in [0.717, 1.165) is 16.5 Å². The summed E-state index contributed by atoms with van der Waals surface area (Å²) in [7, 11) is 1.59. The summed E-state index contributed by atoms with van der Waals surface area (Å²) in [6.45, 7) is 1.84. The Bertz CT molecular complexity index is 479. The van der Waals surface area contributed by atoms with Crippen LogP contribution in [0.4, 0.5) is 0 Å². The van der Waals surface area contributed by atoms with E-state index in [9.17, 15) is 5.11 Å². The van der Waals surface area contributed by atoms with E-state index in [-0.39, 0.29) is 6.10 Å². The van der Waals surface area contributed by atoms with Gasteiger partial charge in [-0.25, -0.2) is 0 Å². The van der Waals surface area contributed by atoms with Gasteiger partial charge in [0.25, 0.3) is 0 Å². The molecule has 1 aromatic carbocycles. The van der Waals surface area contributed by atoms with Crippen molar-refractivity contribution in [3.8, 4) is 0 Å². The van der Waals surface area contributed by atoms with Gasteiger partial charge in [-0.2, -0.15) is 0 Å². The Morgan fingerprint density at radius 2 is 2.00 bits per heavy atom. The zero-order valence-corrected chi connectivity index (χ0v) is 9.42. The molecule has 1 N–H and O–H groups in total. The summed E-state index contributed by atoms with van der Waals surface area (Å²) in [5.74, 6) is 0. The van der Waals surface area contributed by atoms with Gasteiger partial charge in [-0.05, 0) is 13.0 Å². The van der Waals surface area contributed by atoms with Crippen LogP contribution >= 0.6 is 0 Å². The molecule has 0 amide bonds. The molecule has 0 spiro atoms. The van der Waals surface area contributed by atoms with Crippen molar-refractivity contribution in [2.45, 2.75) is 19.1 Å². The van der Waals surface area contributed by atoms with Gasteiger partial charge in [0, 0.05) is 24.3 Å². The molecule has 0 aliphatic carbocycles. The highest BCUT2D eigenvalue weighted by atomic mass is 16.5. The molecule has 2 aromatic rings. The summed E-state index contributed by atoms with van der Waals surface area (Å²) in [4.78, 5) is 4.30. The number of rotatable bonds is 3. The Morgan fingerprint density at radius 1 is 1.25 bits per heavy atom. The van der Waals surface area contributed by atoms with Crippen molar-refractivity contribution in [2.24, 2.45) is 0 Å². The number of aliphatic hydroxyl groups is 1. The lowest BCUT2D eigenvalue weighted by Gasteiger charge is -2.18. The van der Waals surface area contributed by atoms with Gasteiger partial charge >= 0.3 is 0 Å². The summed E-state index contributed by atoms with van der Waals surface area (Å²) >= 11 is 0. The maximum Gasteiger partial charge on any atom is 0.107 e. The Hall–Kier alpha value is -1.45. The molecule has 0 bridgehead atoms. The molecule has 0 fully saturated rings. The monoisotopic (exact) mass is 217 g/mol. The van der Waals surface area contributed by atoms with Crippen LogP contribution in [0.3, 0.4) is 0 Å². The molecule has 84 valence electrons. The maximum atomic E-state index is 10.1. The first-order valence-electron chi connectivity index (χ1n) is 5.28. The summed E-state index contributed by atoms with van der Waals surface area (Å²) in [5.41, 5.74) is 1.65. The van der Waals surface area contributed by atoms with E-state index in [1.165, 1.54) is 0 Å². The van der Waals surface area contributed by atoms with E-state index in [2.05, 4.69) is 4.98 Å². The third-order valence-electron chi connectivity index (χ3n) is 2.80. The molecule has 0 radical (unpaired) electrons. The molecule has 0 saturated heterocycles. The van der Waals surface area contributed by atoms with Crippen LogP contribution in [0.25, 0.3) is 10.9 Å². The van der Waals surface area contributed by atoms with Gasteiger partial charge in [-0.15, -0.1) is 0 Å². The first kappa shape index (κ1) is 11.0. The topological polar surface area (TPSA) is 42.4 Å². The Morgan fingerprint density at radius 3 is 2.75 bits per heavy atom. The van der Waals surface area contributed by atoms with E-state index in [0.29, 0.717) is 0 Å². The summed E-state index contributed by atoms with van der Waals surface area (Å²) in [6.07, 6.45) is 0.840. The minimum atomic E-state index is -0.649. The molecule has 1 aromatic heterocycles. The Kier molecular flexibility index (Phi) is 3.17. The van der Waals surface area contributed by atoms with Gasteiger partial charge in [0.2, 0.25) is 0 Å². The van der Waals surface area contributed by atoms with Crippen LogP contribution < -0.4 is 0 Å². The molecule has 2 atom stereocenters. The number of aliphatic hydroxyl groups excluding tert-OH is 1. The quantitative estimate of drug-likeness (QED) is 0.857. The number of hydrogen-bond donors (Lipinski definition) is 1. The normalized spacial score (nSPS) is 14.9. The van der Waals surface area contributed by atoms with Crippen LogP contribution in [0.5, 0.6) is 0 Å². The van der Waals surface area contributed by atoms with Gasteiger partial charge in [0.15, 0.2) is 0 Å². The van der Waals surface area contributed by atoms with Crippen LogP contribution in [-0.4, -0.2) is 23.3 Å². The maximum absolute atomic E-state index is 10.1.